The first-order valence-electron chi connectivity index (χ1n) is 9.43. The molecule has 3 heterocycles. The standard InChI is InChI=1S/C20H13N5O7S2.Na/c1-31-10-4-2-9(3-5-10)18-24-25-19(32-18)23-20-22-17(27)15(33-20)14-12-8-11(34(28,29)30)6-7-13(12)21-16(14)26;/h2-8,27H,1H3,(H,22,23,25)(H,28,29,30);/q;+1. The molecule has 35 heavy (non-hydrogen) atoms. The van der Waals surface area contributed by atoms with Crippen LogP contribution in [0.3, 0.4) is 0 Å². The van der Waals surface area contributed by atoms with Crippen molar-refractivity contribution in [2.75, 3.05) is 12.4 Å². The van der Waals surface area contributed by atoms with Crippen LogP contribution in [-0.2, 0) is 14.9 Å². The maximum absolute atomic E-state index is 12.5. The fraction of sp³-hybridized carbons (Fsp3) is 0.0500. The van der Waals surface area contributed by atoms with Gasteiger partial charge >= 0.3 is 35.6 Å². The number of thiazole rings is 1. The van der Waals surface area contributed by atoms with Crippen LogP contribution in [0.5, 0.6) is 11.6 Å². The van der Waals surface area contributed by atoms with Crippen molar-refractivity contribution in [2.45, 2.75) is 4.90 Å². The molecule has 172 valence electrons. The van der Waals surface area contributed by atoms with Crippen molar-refractivity contribution >= 4 is 44.1 Å². The number of carbonyl (C=O) groups is 1. The van der Waals surface area contributed by atoms with E-state index in [-0.39, 0.29) is 67.6 Å². The zero-order chi connectivity index (χ0) is 24.0. The summed E-state index contributed by atoms with van der Waals surface area (Å²) in [6, 6.07) is 10.5. The Hall–Kier alpha value is -3.14. The molecule has 1 aliphatic heterocycles. The Kier molecular flexibility index (Phi) is 6.77. The SMILES string of the molecule is COc1ccc(-c2nnc(Nc3nc(O)c(C4=c5cc(S(=O)(=O)O)ccc5=NC4=O)s3)o2)cc1.[Na+]. The molecule has 0 aliphatic carbocycles. The molecule has 0 unspecified atom stereocenters. The van der Waals surface area contributed by atoms with Crippen LogP contribution in [0.2, 0.25) is 0 Å². The quantitative estimate of drug-likeness (QED) is 0.193. The molecule has 0 fully saturated rings. The molecule has 4 aromatic rings. The van der Waals surface area contributed by atoms with Gasteiger partial charge in [-0.1, -0.05) is 16.4 Å². The Morgan fingerprint density at radius 1 is 1.11 bits per heavy atom. The van der Waals surface area contributed by atoms with E-state index < -0.39 is 26.8 Å². The van der Waals surface area contributed by atoms with E-state index in [1.165, 1.54) is 6.07 Å². The molecule has 1 aliphatic rings. The Bertz CT molecular complexity index is 1680. The van der Waals surface area contributed by atoms with E-state index in [1.807, 2.05) is 0 Å². The molecular formula is C20H13N5NaO7S2+. The maximum atomic E-state index is 12.5. The Morgan fingerprint density at radius 2 is 1.86 bits per heavy atom. The Labute approximate surface area is 223 Å². The summed E-state index contributed by atoms with van der Waals surface area (Å²) in [6.45, 7) is 0. The van der Waals surface area contributed by atoms with Gasteiger partial charge in [0.05, 0.1) is 22.9 Å². The Morgan fingerprint density at radius 3 is 2.54 bits per heavy atom. The predicted molar refractivity (Wildman–Crippen MR) is 118 cm³/mol. The maximum Gasteiger partial charge on any atom is 1.00 e. The molecule has 0 bridgehead atoms. The molecule has 0 saturated carbocycles. The fourth-order valence-corrected chi connectivity index (χ4v) is 4.62. The van der Waals surface area contributed by atoms with Gasteiger partial charge in [-0.15, -0.1) is 5.10 Å². The summed E-state index contributed by atoms with van der Waals surface area (Å²) in [5.41, 5.74) is 0.608. The average molecular weight is 522 g/mol. The second-order valence-corrected chi connectivity index (χ2v) is 9.30. The second-order valence-electron chi connectivity index (χ2n) is 6.88. The van der Waals surface area contributed by atoms with Crippen LogP contribution in [0.15, 0.2) is 56.8 Å². The summed E-state index contributed by atoms with van der Waals surface area (Å²) in [5, 5.41) is 21.5. The van der Waals surface area contributed by atoms with Crippen molar-refractivity contribution in [3.05, 3.63) is 57.9 Å². The number of nitrogens with zero attached hydrogens (tertiary/aromatic N) is 4. The van der Waals surface area contributed by atoms with Crippen molar-refractivity contribution in [1.82, 2.24) is 15.2 Å². The van der Waals surface area contributed by atoms with Gasteiger partial charge in [0, 0.05) is 10.8 Å². The third-order valence-corrected chi connectivity index (χ3v) is 6.61. The molecule has 12 nitrogen and oxygen atoms in total. The van der Waals surface area contributed by atoms with Gasteiger partial charge in [-0.25, -0.2) is 4.99 Å². The van der Waals surface area contributed by atoms with Crippen molar-refractivity contribution in [3.8, 4) is 23.1 Å². The van der Waals surface area contributed by atoms with Crippen LogP contribution in [0.1, 0.15) is 4.88 Å². The Balaban J connectivity index is 0.00000289. The van der Waals surface area contributed by atoms with Gasteiger partial charge in [-0.05, 0) is 42.5 Å². The number of methoxy groups -OCH3 is 1. The van der Waals surface area contributed by atoms with E-state index in [1.54, 1.807) is 31.4 Å². The van der Waals surface area contributed by atoms with Gasteiger partial charge in [0.15, 0.2) is 5.13 Å². The monoisotopic (exact) mass is 522 g/mol. The van der Waals surface area contributed by atoms with Crippen LogP contribution < -0.4 is 50.2 Å². The summed E-state index contributed by atoms with van der Waals surface area (Å²) < 4.78 is 43.0. The van der Waals surface area contributed by atoms with Crippen molar-refractivity contribution in [3.63, 3.8) is 0 Å². The predicted octanol–water partition coefficient (Wildman–Crippen LogP) is -1.74. The van der Waals surface area contributed by atoms with Gasteiger partial charge in [0.25, 0.3) is 16.0 Å². The third kappa shape index (κ3) is 4.84. The van der Waals surface area contributed by atoms with Crippen LogP contribution in [0, 0.1) is 0 Å². The summed E-state index contributed by atoms with van der Waals surface area (Å²) in [4.78, 5) is 20.0. The molecule has 0 spiro atoms. The van der Waals surface area contributed by atoms with Crippen LogP contribution >= 0.6 is 11.3 Å². The normalized spacial score (nSPS) is 12.6. The van der Waals surface area contributed by atoms with Crippen molar-refractivity contribution in [2.24, 2.45) is 4.99 Å². The minimum Gasteiger partial charge on any atom is -0.497 e. The van der Waals surface area contributed by atoms with Gasteiger partial charge < -0.3 is 14.3 Å². The summed E-state index contributed by atoms with van der Waals surface area (Å²) in [7, 11) is -2.95. The van der Waals surface area contributed by atoms with Crippen LogP contribution in [-0.4, -0.2) is 46.3 Å². The largest absolute Gasteiger partial charge is 1.00 e. The first-order valence-corrected chi connectivity index (χ1v) is 11.7. The first kappa shape index (κ1) is 25.0. The first-order chi connectivity index (χ1) is 16.2. The van der Waals surface area contributed by atoms with E-state index in [0.29, 0.717) is 11.3 Å². The minimum absolute atomic E-state index is 0. The second kappa shape index (κ2) is 9.49. The van der Waals surface area contributed by atoms with E-state index in [4.69, 9.17) is 9.15 Å². The minimum atomic E-state index is -4.51. The summed E-state index contributed by atoms with van der Waals surface area (Å²) >= 11 is 0.896. The van der Waals surface area contributed by atoms with Gasteiger partial charge in [0.2, 0.25) is 11.8 Å². The number of fused-ring (bicyclic) bond motifs is 1. The average Bonchev–Trinajstić information content (AvgIpc) is 3.49. The topological polar surface area (TPSA) is 177 Å². The van der Waals surface area contributed by atoms with E-state index in [2.05, 4.69) is 25.5 Å². The number of hydrogen-bond donors (Lipinski definition) is 3. The fourth-order valence-electron chi connectivity index (χ4n) is 3.22. The molecule has 0 atom stereocenters. The van der Waals surface area contributed by atoms with Crippen LogP contribution in [0.4, 0.5) is 11.1 Å². The molecule has 2 aromatic heterocycles. The molecule has 0 radical (unpaired) electrons. The molecule has 2 aromatic carbocycles. The third-order valence-electron chi connectivity index (χ3n) is 4.78. The molecule has 5 rings (SSSR count). The van der Waals surface area contributed by atoms with Gasteiger partial charge in [-0.2, -0.15) is 13.4 Å². The summed E-state index contributed by atoms with van der Waals surface area (Å²) in [5.74, 6) is -0.265. The smallest absolute Gasteiger partial charge is 0.497 e. The van der Waals surface area contributed by atoms with Gasteiger partial charge in [-0.3, -0.25) is 14.7 Å². The number of carbonyl (C=O) groups excluding carboxylic acids is 1. The van der Waals surface area contributed by atoms with E-state index in [0.717, 1.165) is 23.5 Å². The van der Waals surface area contributed by atoms with Crippen molar-refractivity contribution in [1.29, 1.82) is 0 Å². The number of aromatic hydroxyl groups is 1. The zero-order valence-electron chi connectivity index (χ0n) is 18.1. The molecule has 15 heteroatoms. The number of benzene rings is 2. The number of rotatable bonds is 6. The van der Waals surface area contributed by atoms with E-state index >= 15 is 0 Å². The molecular weight excluding hydrogens is 509 g/mol. The van der Waals surface area contributed by atoms with E-state index in [9.17, 15) is 22.9 Å². The van der Waals surface area contributed by atoms with Crippen LogP contribution in [0.25, 0.3) is 17.0 Å². The molecule has 3 N–H and O–H groups in total. The molecule has 0 saturated heterocycles. The number of anilines is 2. The molecule has 1 amide bonds. The number of amides is 1. The zero-order valence-corrected chi connectivity index (χ0v) is 21.7. The van der Waals surface area contributed by atoms with Gasteiger partial charge in [0.1, 0.15) is 10.6 Å². The number of aromatic nitrogens is 3. The number of nitrogens with one attached hydrogen (secondary N) is 1. The number of hydrogen-bond acceptors (Lipinski definition) is 11. The summed E-state index contributed by atoms with van der Waals surface area (Å²) in [6.07, 6.45) is 0. The van der Waals surface area contributed by atoms with Crippen molar-refractivity contribution < 1.29 is 61.6 Å². The number of ether oxygens (including phenoxy) is 1.